The molecule has 0 amide bonds. The molecule has 0 radical (unpaired) electrons. The lowest BCUT2D eigenvalue weighted by atomic mass is 9.95. The van der Waals surface area contributed by atoms with Crippen molar-refractivity contribution in [2.75, 3.05) is 5.73 Å². The van der Waals surface area contributed by atoms with Gasteiger partial charge in [-0.1, -0.05) is 6.07 Å². The van der Waals surface area contributed by atoms with Crippen molar-refractivity contribution in [3.05, 3.63) is 29.3 Å². The van der Waals surface area contributed by atoms with Gasteiger partial charge < -0.3 is 10.8 Å². The molecule has 2 nitrogen and oxygen atoms in total. The predicted molar refractivity (Wildman–Crippen MR) is 49.1 cm³/mol. The maximum absolute atomic E-state index is 12.6. The first-order chi connectivity index (χ1) is 6.84. The topological polar surface area (TPSA) is 46.2 Å². The Labute approximate surface area is 84.5 Å². The number of aryl methyl sites for hydroxylation is 1. The van der Waals surface area contributed by atoms with Crippen molar-refractivity contribution in [1.82, 2.24) is 0 Å². The SMILES string of the molecule is Nc1ccc2c(c1)CCC2(O)C(F)(F)F. The van der Waals surface area contributed by atoms with Crippen LogP contribution in [0.5, 0.6) is 0 Å². The van der Waals surface area contributed by atoms with Gasteiger partial charge in [-0.3, -0.25) is 0 Å². The number of hydrogen-bond acceptors (Lipinski definition) is 2. The third-order valence-electron chi connectivity index (χ3n) is 2.80. The second-order valence-electron chi connectivity index (χ2n) is 3.77. The van der Waals surface area contributed by atoms with Gasteiger partial charge in [-0.25, -0.2) is 0 Å². The molecule has 3 N–H and O–H groups in total. The van der Waals surface area contributed by atoms with E-state index in [0.29, 0.717) is 11.3 Å². The molecule has 1 aromatic rings. The van der Waals surface area contributed by atoms with Gasteiger partial charge in [0, 0.05) is 5.69 Å². The van der Waals surface area contributed by atoms with Crippen LogP contribution in [0.15, 0.2) is 18.2 Å². The average Bonchev–Trinajstić information content (AvgIpc) is 2.43. The zero-order valence-electron chi connectivity index (χ0n) is 7.80. The van der Waals surface area contributed by atoms with Crippen LogP contribution >= 0.6 is 0 Å². The lowest BCUT2D eigenvalue weighted by Gasteiger charge is -2.26. The maximum Gasteiger partial charge on any atom is 0.421 e. The Balaban J connectivity index is 2.53. The summed E-state index contributed by atoms with van der Waals surface area (Å²) in [5, 5.41) is 9.61. The number of alkyl halides is 3. The van der Waals surface area contributed by atoms with E-state index in [4.69, 9.17) is 5.73 Å². The van der Waals surface area contributed by atoms with Gasteiger partial charge in [0.05, 0.1) is 0 Å². The molecular formula is C10H10F3NO. The highest BCUT2D eigenvalue weighted by atomic mass is 19.4. The summed E-state index contributed by atoms with van der Waals surface area (Å²) in [6, 6.07) is 4.12. The first-order valence-corrected chi connectivity index (χ1v) is 4.52. The van der Waals surface area contributed by atoms with Crippen LogP contribution in [0.2, 0.25) is 0 Å². The van der Waals surface area contributed by atoms with Crippen LogP contribution in [0.4, 0.5) is 18.9 Å². The van der Waals surface area contributed by atoms with Gasteiger partial charge in [0.2, 0.25) is 0 Å². The highest BCUT2D eigenvalue weighted by Crippen LogP contribution is 2.48. The molecule has 2 rings (SSSR count). The quantitative estimate of drug-likeness (QED) is 0.652. The van der Waals surface area contributed by atoms with E-state index in [1.54, 1.807) is 0 Å². The smallest absolute Gasteiger partial charge is 0.399 e. The molecular weight excluding hydrogens is 207 g/mol. The molecule has 0 heterocycles. The van der Waals surface area contributed by atoms with Gasteiger partial charge in [-0.2, -0.15) is 13.2 Å². The minimum Gasteiger partial charge on any atom is -0.399 e. The Morgan fingerprint density at radius 1 is 1.33 bits per heavy atom. The second-order valence-corrected chi connectivity index (χ2v) is 3.77. The summed E-state index contributed by atoms with van der Waals surface area (Å²) in [5.74, 6) is 0. The van der Waals surface area contributed by atoms with Gasteiger partial charge in [0.15, 0.2) is 5.60 Å². The van der Waals surface area contributed by atoms with E-state index in [2.05, 4.69) is 0 Å². The molecule has 5 heteroatoms. The van der Waals surface area contributed by atoms with Crippen LogP contribution in [0.25, 0.3) is 0 Å². The molecule has 0 fully saturated rings. The van der Waals surface area contributed by atoms with Crippen molar-refractivity contribution >= 4 is 5.69 Å². The first kappa shape index (κ1) is 10.3. The third-order valence-corrected chi connectivity index (χ3v) is 2.80. The molecule has 15 heavy (non-hydrogen) atoms. The van der Waals surface area contributed by atoms with E-state index in [9.17, 15) is 18.3 Å². The predicted octanol–water partition coefficient (Wildman–Crippen LogP) is 1.96. The van der Waals surface area contributed by atoms with Crippen molar-refractivity contribution in [2.24, 2.45) is 0 Å². The minimum atomic E-state index is -4.63. The Morgan fingerprint density at radius 2 is 2.00 bits per heavy atom. The summed E-state index contributed by atoms with van der Waals surface area (Å²) >= 11 is 0. The molecule has 0 aromatic heterocycles. The number of hydrogen-bond donors (Lipinski definition) is 2. The normalized spacial score (nSPS) is 25.3. The van der Waals surface area contributed by atoms with E-state index < -0.39 is 11.8 Å². The van der Waals surface area contributed by atoms with Crippen LogP contribution in [-0.2, 0) is 12.0 Å². The van der Waals surface area contributed by atoms with Gasteiger partial charge in [-0.05, 0) is 36.1 Å². The van der Waals surface area contributed by atoms with E-state index in [1.165, 1.54) is 18.2 Å². The Bertz CT molecular complexity index is 402. The number of fused-ring (bicyclic) bond motifs is 1. The second kappa shape index (κ2) is 2.88. The number of nitrogens with two attached hydrogens (primary N) is 1. The van der Waals surface area contributed by atoms with Crippen LogP contribution in [0.3, 0.4) is 0 Å². The van der Waals surface area contributed by atoms with E-state index in [-0.39, 0.29) is 18.4 Å². The number of aliphatic hydroxyl groups is 1. The molecule has 1 aliphatic rings. The monoisotopic (exact) mass is 217 g/mol. The zero-order chi connectivity index (χ0) is 11.3. The summed E-state index contributed by atoms with van der Waals surface area (Å²) in [5.41, 5.74) is 3.60. The molecule has 0 saturated carbocycles. The lowest BCUT2D eigenvalue weighted by molar-refractivity contribution is -0.265. The van der Waals surface area contributed by atoms with Crippen molar-refractivity contribution in [1.29, 1.82) is 0 Å². The number of halogens is 3. The maximum atomic E-state index is 12.6. The number of anilines is 1. The zero-order valence-corrected chi connectivity index (χ0v) is 7.80. The van der Waals surface area contributed by atoms with Crippen molar-refractivity contribution < 1.29 is 18.3 Å². The fourth-order valence-corrected chi connectivity index (χ4v) is 1.97. The summed E-state index contributed by atoms with van der Waals surface area (Å²) in [6.45, 7) is 0. The molecule has 82 valence electrons. The largest absolute Gasteiger partial charge is 0.421 e. The van der Waals surface area contributed by atoms with E-state index in [0.717, 1.165) is 0 Å². The van der Waals surface area contributed by atoms with Crippen LogP contribution in [-0.4, -0.2) is 11.3 Å². The van der Waals surface area contributed by atoms with Gasteiger partial charge in [0.25, 0.3) is 0 Å². The highest BCUT2D eigenvalue weighted by Gasteiger charge is 2.57. The number of benzene rings is 1. The summed E-state index contributed by atoms with van der Waals surface area (Å²) in [4.78, 5) is 0. The number of rotatable bonds is 0. The Morgan fingerprint density at radius 3 is 2.60 bits per heavy atom. The molecule has 0 saturated heterocycles. The molecule has 1 unspecified atom stereocenters. The molecule has 0 spiro atoms. The van der Waals surface area contributed by atoms with Crippen molar-refractivity contribution in [3.63, 3.8) is 0 Å². The molecule has 1 aromatic carbocycles. The molecule has 1 aliphatic carbocycles. The van der Waals surface area contributed by atoms with Crippen LogP contribution in [0, 0.1) is 0 Å². The third kappa shape index (κ3) is 1.38. The summed E-state index contributed by atoms with van der Waals surface area (Å²) < 4.78 is 37.9. The van der Waals surface area contributed by atoms with Crippen molar-refractivity contribution in [2.45, 2.75) is 24.6 Å². The summed E-state index contributed by atoms with van der Waals surface area (Å²) in [6.07, 6.45) is -4.75. The van der Waals surface area contributed by atoms with E-state index >= 15 is 0 Å². The lowest BCUT2D eigenvalue weighted by Crippen LogP contribution is -2.40. The van der Waals surface area contributed by atoms with E-state index in [1.807, 2.05) is 0 Å². The molecule has 0 aliphatic heterocycles. The summed E-state index contributed by atoms with van der Waals surface area (Å²) in [7, 11) is 0. The Hall–Kier alpha value is -1.23. The van der Waals surface area contributed by atoms with Gasteiger partial charge in [0.1, 0.15) is 0 Å². The highest BCUT2D eigenvalue weighted by molar-refractivity contribution is 5.49. The fraction of sp³-hybridized carbons (Fsp3) is 0.400. The Kier molecular flexibility index (Phi) is 1.98. The van der Waals surface area contributed by atoms with Crippen molar-refractivity contribution in [3.8, 4) is 0 Å². The van der Waals surface area contributed by atoms with Crippen LogP contribution in [0.1, 0.15) is 17.5 Å². The average molecular weight is 217 g/mol. The minimum absolute atomic E-state index is 0.0656. The fourth-order valence-electron chi connectivity index (χ4n) is 1.97. The first-order valence-electron chi connectivity index (χ1n) is 4.52. The molecule has 0 bridgehead atoms. The standard InChI is InChI=1S/C10H10F3NO/c11-10(12,13)9(15)4-3-6-5-7(14)1-2-8(6)9/h1-2,5,15H,3-4,14H2. The van der Waals surface area contributed by atoms with Crippen LogP contribution < -0.4 is 5.73 Å². The number of nitrogen functional groups attached to an aromatic ring is 1. The molecule has 1 atom stereocenters. The van der Waals surface area contributed by atoms with Gasteiger partial charge >= 0.3 is 6.18 Å². The van der Waals surface area contributed by atoms with Gasteiger partial charge in [-0.15, -0.1) is 0 Å².